The molecule has 0 unspecified atom stereocenters. The maximum Gasteiger partial charge on any atom is 0.313 e. The van der Waals surface area contributed by atoms with E-state index in [0.29, 0.717) is 4.90 Å². The van der Waals surface area contributed by atoms with Gasteiger partial charge in [-0.2, -0.15) is 0 Å². The Bertz CT molecular complexity index is 489. The monoisotopic (exact) mass is 283 g/mol. The van der Waals surface area contributed by atoms with Crippen LogP contribution in [-0.4, -0.2) is 29.0 Å². The normalized spacial score (nSPS) is 9.95. The van der Waals surface area contributed by atoms with Crippen LogP contribution in [0.1, 0.15) is 13.3 Å². The fraction of sp³-hybridized carbons (Fsp3) is 0.333. The van der Waals surface area contributed by atoms with Crippen LogP contribution in [0.4, 0.5) is 5.69 Å². The van der Waals surface area contributed by atoms with E-state index in [4.69, 9.17) is 0 Å². The van der Waals surface area contributed by atoms with E-state index in [-0.39, 0.29) is 30.3 Å². The first-order valence-corrected chi connectivity index (χ1v) is 6.56. The molecule has 1 aromatic carbocycles. The van der Waals surface area contributed by atoms with Crippen molar-refractivity contribution < 1.29 is 19.2 Å². The Hall–Kier alpha value is -1.89. The van der Waals surface area contributed by atoms with Crippen molar-refractivity contribution in [1.29, 1.82) is 0 Å². The van der Waals surface area contributed by atoms with E-state index in [1.807, 2.05) is 0 Å². The molecule has 102 valence electrons. The molecule has 0 aliphatic heterocycles. The number of ether oxygens (including phenoxy) is 1. The molecule has 6 nitrogen and oxygen atoms in total. The summed E-state index contributed by atoms with van der Waals surface area (Å²) in [7, 11) is 0. The number of para-hydroxylation sites is 1. The van der Waals surface area contributed by atoms with Crippen LogP contribution in [0.3, 0.4) is 0 Å². The van der Waals surface area contributed by atoms with Gasteiger partial charge in [-0.15, -0.1) is 11.8 Å². The van der Waals surface area contributed by atoms with Crippen LogP contribution in [0, 0.1) is 10.1 Å². The van der Waals surface area contributed by atoms with Crippen molar-refractivity contribution in [2.45, 2.75) is 18.2 Å². The molecule has 0 aliphatic rings. The zero-order valence-corrected chi connectivity index (χ0v) is 11.1. The Morgan fingerprint density at radius 2 is 2.05 bits per heavy atom. The molecular weight excluding hydrogens is 270 g/mol. The molecule has 1 rings (SSSR count). The zero-order chi connectivity index (χ0) is 14.3. The van der Waals surface area contributed by atoms with Gasteiger partial charge < -0.3 is 4.74 Å². The number of rotatable bonds is 7. The van der Waals surface area contributed by atoms with Gasteiger partial charge in [-0.1, -0.05) is 12.1 Å². The summed E-state index contributed by atoms with van der Waals surface area (Å²) in [4.78, 5) is 33.2. The van der Waals surface area contributed by atoms with E-state index in [9.17, 15) is 19.7 Å². The Kier molecular flexibility index (Phi) is 6.01. The lowest BCUT2D eigenvalue weighted by molar-refractivity contribution is -0.387. The number of hydrogen-bond donors (Lipinski definition) is 0. The Morgan fingerprint density at radius 3 is 2.68 bits per heavy atom. The van der Waals surface area contributed by atoms with Gasteiger partial charge in [0.1, 0.15) is 6.42 Å². The first kappa shape index (κ1) is 15.2. The molecule has 0 bridgehead atoms. The molecule has 0 fully saturated rings. The van der Waals surface area contributed by atoms with Crippen LogP contribution in [0.25, 0.3) is 0 Å². The number of benzene rings is 1. The van der Waals surface area contributed by atoms with Crippen molar-refractivity contribution in [1.82, 2.24) is 0 Å². The molecule has 19 heavy (non-hydrogen) atoms. The number of esters is 1. The minimum Gasteiger partial charge on any atom is -0.466 e. The van der Waals surface area contributed by atoms with E-state index in [0.717, 1.165) is 11.8 Å². The number of ketones is 1. The van der Waals surface area contributed by atoms with Gasteiger partial charge in [0.15, 0.2) is 5.78 Å². The van der Waals surface area contributed by atoms with Crippen molar-refractivity contribution in [2.75, 3.05) is 12.4 Å². The first-order chi connectivity index (χ1) is 9.04. The molecule has 1 aromatic rings. The van der Waals surface area contributed by atoms with Crippen LogP contribution < -0.4 is 0 Å². The lowest BCUT2D eigenvalue weighted by Crippen LogP contribution is -2.12. The largest absolute Gasteiger partial charge is 0.466 e. The van der Waals surface area contributed by atoms with Crippen LogP contribution in [0.2, 0.25) is 0 Å². The van der Waals surface area contributed by atoms with E-state index >= 15 is 0 Å². The summed E-state index contributed by atoms with van der Waals surface area (Å²) in [6.45, 7) is 1.88. The van der Waals surface area contributed by atoms with Crippen molar-refractivity contribution in [3.63, 3.8) is 0 Å². The molecule has 7 heteroatoms. The molecule has 0 aromatic heterocycles. The Morgan fingerprint density at radius 1 is 1.37 bits per heavy atom. The lowest BCUT2D eigenvalue weighted by Gasteiger charge is -2.03. The number of hydrogen-bond acceptors (Lipinski definition) is 6. The van der Waals surface area contributed by atoms with Crippen LogP contribution in [-0.2, 0) is 14.3 Å². The summed E-state index contributed by atoms with van der Waals surface area (Å²) in [5.41, 5.74) is -0.0450. The SMILES string of the molecule is CCOC(=O)CC(=O)CSc1ccccc1[N+](=O)[O-]. The van der Waals surface area contributed by atoms with E-state index in [1.165, 1.54) is 6.07 Å². The van der Waals surface area contributed by atoms with E-state index in [1.54, 1.807) is 25.1 Å². The molecule has 0 amide bonds. The van der Waals surface area contributed by atoms with Gasteiger partial charge in [-0.05, 0) is 13.0 Å². The molecule has 0 spiro atoms. The molecule has 0 aliphatic carbocycles. The second kappa shape index (κ2) is 7.52. The molecule has 0 radical (unpaired) electrons. The number of Topliss-reactive ketones (excluding diaryl/α,β-unsaturated/α-hetero) is 1. The number of nitrogens with zero attached hydrogens (tertiary/aromatic N) is 1. The molecule has 0 N–H and O–H groups in total. The summed E-state index contributed by atoms with van der Waals surface area (Å²) >= 11 is 1.04. The topological polar surface area (TPSA) is 86.5 Å². The third-order valence-electron chi connectivity index (χ3n) is 2.10. The van der Waals surface area contributed by atoms with Crippen molar-refractivity contribution in [2.24, 2.45) is 0 Å². The van der Waals surface area contributed by atoms with Gasteiger partial charge in [0.05, 0.1) is 22.2 Å². The van der Waals surface area contributed by atoms with Crippen LogP contribution in [0.5, 0.6) is 0 Å². The van der Waals surface area contributed by atoms with E-state index < -0.39 is 10.9 Å². The summed E-state index contributed by atoms with van der Waals surface area (Å²) in [6, 6.07) is 6.16. The highest BCUT2D eigenvalue weighted by Gasteiger charge is 2.16. The zero-order valence-electron chi connectivity index (χ0n) is 10.3. The van der Waals surface area contributed by atoms with E-state index in [2.05, 4.69) is 4.74 Å². The fourth-order valence-electron chi connectivity index (χ4n) is 1.31. The Balaban J connectivity index is 2.55. The van der Waals surface area contributed by atoms with Gasteiger partial charge in [0.25, 0.3) is 5.69 Å². The highest BCUT2D eigenvalue weighted by molar-refractivity contribution is 8.00. The maximum absolute atomic E-state index is 11.5. The second-order valence-electron chi connectivity index (χ2n) is 3.53. The Labute approximate surface area is 114 Å². The molecule has 0 saturated heterocycles. The number of carbonyl (C=O) groups is 2. The minimum atomic E-state index is -0.573. The number of nitro benzene ring substituents is 1. The quantitative estimate of drug-likeness (QED) is 0.251. The third-order valence-corrected chi connectivity index (χ3v) is 3.22. The van der Waals surface area contributed by atoms with Crippen LogP contribution in [0.15, 0.2) is 29.2 Å². The summed E-state index contributed by atoms with van der Waals surface area (Å²) < 4.78 is 4.65. The highest BCUT2D eigenvalue weighted by atomic mass is 32.2. The van der Waals surface area contributed by atoms with Gasteiger partial charge in [0.2, 0.25) is 0 Å². The van der Waals surface area contributed by atoms with Crippen LogP contribution >= 0.6 is 11.8 Å². The molecule has 0 heterocycles. The average Bonchev–Trinajstić information content (AvgIpc) is 2.36. The van der Waals surface area contributed by atoms with Crippen molar-refractivity contribution >= 4 is 29.2 Å². The number of thioether (sulfide) groups is 1. The predicted molar refractivity (Wildman–Crippen MR) is 70.1 cm³/mol. The summed E-state index contributed by atoms with van der Waals surface area (Å²) in [5.74, 6) is -0.888. The van der Waals surface area contributed by atoms with Gasteiger partial charge in [-0.3, -0.25) is 19.7 Å². The maximum atomic E-state index is 11.5. The fourth-order valence-corrected chi connectivity index (χ4v) is 2.20. The summed E-state index contributed by atoms with van der Waals surface area (Å²) in [6.07, 6.45) is -0.304. The standard InChI is InChI=1S/C12H13NO5S/c1-2-18-12(15)7-9(14)8-19-11-6-4-3-5-10(11)13(16)17/h3-6H,2,7-8H2,1H3. The third kappa shape index (κ3) is 5.09. The first-order valence-electron chi connectivity index (χ1n) is 5.58. The molecule has 0 saturated carbocycles. The summed E-state index contributed by atoms with van der Waals surface area (Å²) in [5, 5.41) is 10.8. The smallest absolute Gasteiger partial charge is 0.313 e. The minimum absolute atomic E-state index is 0.00364. The number of carbonyl (C=O) groups excluding carboxylic acids is 2. The second-order valence-corrected chi connectivity index (χ2v) is 4.55. The number of nitro groups is 1. The lowest BCUT2D eigenvalue weighted by atomic mass is 10.3. The predicted octanol–water partition coefficient (Wildman–Crippen LogP) is 2.21. The van der Waals surface area contributed by atoms with Crippen molar-refractivity contribution in [3.8, 4) is 0 Å². The molecule has 0 atom stereocenters. The van der Waals surface area contributed by atoms with Crippen molar-refractivity contribution in [3.05, 3.63) is 34.4 Å². The van der Waals surface area contributed by atoms with Gasteiger partial charge in [-0.25, -0.2) is 0 Å². The van der Waals surface area contributed by atoms with Gasteiger partial charge in [0, 0.05) is 6.07 Å². The molecular formula is C12H13NO5S. The van der Waals surface area contributed by atoms with Gasteiger partial charge >= 0.3 is 5.97 Å². The average molecular weight is 283 g/mol. The highest BCUT2D eigenvalue weighted by Crippen LogP contribution is 2.28.